The molecule has 0 fully saturated rings. The van der Waals surface area contributed by atoms with E-state index in [1.165, 1.54) is 0 Å². The maximum Gasteiger partial charge on any atom is 0.192 e. The van der Waals surface area contributed by atoms with Crippen molar-refractivity contribution in [1.29, 1.82) is 0 Å². The van der Waals surface area contributed by atoms with Gasteiger partial charge in [-0.05, 0) is 24.4 Å². The Morgan fingerprint density at radius 2 is 2.22 bits per heavy atom. The van der Waals surface area contributed by atoms with Crippen LogP contribution in [0, 0.1) is 4.77 Å². The molecule has 4 nitrogen and oxygen atoms in total. The quantitative estimate of drug-likeness (QED) is 0.495. The van der Waals surface area contributed by atoms with E-state index in [0.29, 0.717) is 32.3 Å². The monoisotopic (exact) mass is 321 g/mol. The van der Waals surface area contributed by atoms with Crippen LogP contribution in [0.5, 0.6) is 5.75 Å². The maximum absolute atomic E-state index is 5.99. The number of nitrogens with zero attached hydrogens (tertiary/aromatic N) is 1. The Kier molecular flexibility index (Phi) is 4.94. The summed E-state index contributed by atoms with van der Waals surface area (Å²) in [4.78, 5) is 2.92. The van der Waals surface area contributed by atoms with Crippen molar-refractivity contribution in [1.82, 2.24) is 15.2 Å². The zero-order chi connectivity index (χ0) is 13.0. The van der Waals surface area contributed by atoms with Gasteiger partial charge in [-0.3, -0.25) is 5.10 Å². The number of rotatable bonds is 5. The molecule has 0 aliphatic carbocycles. The van der Waals surface area contributed by atoms with Gasteiger partial charge in [0.2, 0.25) is 0 Å². The van der Waals surface area contributed by atoms with Gasteiger partial charge in [0.1, 0.15) is 22.5 Å². The molecule has 0 amide bonds. The molecule has 2 aromatic rings. The molecule has 0 bridgehead atoms. The Labute approximate surface area is 123 Å². The second-order valence-electron chi connectivity index (χ2n) is 3.29. The van der Waals surface area contributed by atoms with Crippen LogP contribution in [0.25, 0.3) is 0 Å². The number of H-pyrrole nitrogens is 2. The fraction of sp³-hybridized carbons (Fsp3) is 0.200. The predicted octanol–water partition coefficient (Wildman–Crippen LogP) is 4.04. The zero-order valence-electron chi connectivity index (χ0n) is 9.07. The second-order valence-corrected chi connectivity index (χ2v) is 5.41. The lowest BCUT2D eigenvalue weighted by Crippen LogP contribution is -1.95. The number of hydrogen-bond donors (Lipinski definition) is 2. The molecule has 0 saturated carbocycles. The zero-order valence-corrected chi connectivity index (χ0v) is 12.2. The van der Waals surface area contributed by atoms with Crippen molar-refractivity contribution in [3.63, 3.8) is 0 Å². The number of ether oxygens (including phenoxy) is 1. The highest BCUT2D eigenvalue weighted by Gasteiger charge is 2.05. The van der Waals surface area contributed by atoms with Gasteiger partial charge in [-0.2, -0.15) is 5.10 Å². The molecular formula is C10H9Cl2N3OS2. The molecule has 0 spiro atoms. The van der Waals surface area contributed by atoms with E-state index in [1.807, 2.05) is 0 Å². The standard InChI is InChI=1S/C10H9Cl2N3OS2/c11-6-2-1-3-7(9(6)12)16-5-18-4-8-13-10(17)15-14-8/h1-3H,4-5H2,(H2,13,14,15,17). The summed E-state index contributed by atoms with van der Waals surface area (Å²) >= 11 is 18.3. The van der Waals surface area contributed by atoms with Gasteiger partial charge in [0, 0.05) is 0 Å². The summed E-state index contributed by atoms with van der Waals surface area (Å²) in [7, 11) is 0. The average Bonchev–Trinajstić information content (AvgIpc) is 2.76. The van der Waals surface area contributed by atoms with Crippen LogP contribution in [-0.2, 0) is 5.75 Å². The Morgan fingerprint density at radius 1 is 1.39 bits per heavy atom. The molecule has 18 heavy (non-hydrogen) atoms. The lowest BCUT2D eigenvalue weighted by molar-refractivity contribution is 0.393. The van der Waals surface area contributed by atoms with Crippen molar-refractivity contribution in [3.8, 4) is 5.75 Å². The van der Waals surface area contributed by atoms with Gasteiger partial charge in [0.25, 0.3) is 0 Å². The van der Waals surface area contributed by atoms with Gasteiger partial charge >= 0.3 is 0 Å². The first kappa shape index (κ1) is 13.7. The minimum atomic E-state index is 0.430. The van der Waals surface area contributed by atoms with Crippen LogP contribution >= 0.6 is 47.2 Å². The smallest absolute Gasteiger partial charge is 0.192 e. The normalized spacial score (nSPS) is 10.6. The van der Waals surface area contributed by atoms with Gasteiger partial charge < -0.3 is 9.72 Å². The third-order valence-corrected chi connectivity index (χ3v) is 3.76. The Balaban J connectivity index is 1.82. The molecule has 96 valence electrons. The molecule has 1 aromatic carbocycles. The molecule has 0 aliphatic rings. The fourth-order valence-electron chi connectivity index (χ4n) is 1.21. The third kappa shape index (κ3) is 3.65. The number of aromatic nitrogens is 3. The van der Waals surface area contributed by atoms with Crippen LogP contribution in [0.2, 0.25) is 10.0 Å². The molecule has 0 unspecified atom stereocenters. The summed E-state index contributed by atoms with van der Waals surface area (Å²) in [6, 6.07) is 5.28. The topological polar surface area (TPSA) is 53.7 Å². The van der Waals surface area contributed by atoms with Gasteiger partial charge in [0.05, 0.1) is 10.8 Å². The van der Waals surface area contributed by atoms with Crippen LogP contribution in [0.15, 0.2) is 18.2 Å². The van der Waals surface area contributed by atoms with Crippen molar-refractivity contribution in [2.75, 3.05) is 5.94 Å². The molecule has 2 rings (SSSR count). The van der Waals surface area contributed by atoms with E-state index in [0.717, 1.165) is 5.82 Å². The Hall–Kier alpha value is -0.690. The van der Waals surface area contributed by atoms with Crippen LogP contribution in [-0.4, -0.2) is 21.1 Å². The van der Waals surface area contributed by atoms with Crippen molar-refractivity contribution in [2.45, 2.75) is 5.75 Å². The number of halogens is 2. The highest BCUT2D eigenvalue weighted by atomic mass is 35.5. The molecule has 0 saturated heterocycles. The molecule has 2 N–H and O–H groups in total. The van der Waals surface area contributed by atoms with Crippen LogP contribution in [0.4, 0.5) is 0 Å². The lowest BCUT2D eigenvalue weighted by atomic mass is 10.3. The largest absolute Gasteiger partial charge is 0.481 e. The highest BCUT2D eigenvalue weighted by Crippen LogP contribution is 2.31. The summed E-state index contributed by atoms with van der Waals surface area (Å²) < 4.78 is 6.03. The number of benzene rings is 1. The van der Waals surface area contributed by atoms with Gasteiger partial charge in [-0.25, -0.2) is 0 Å². The summed E-state index contributed by atoms with van der Waals surface area (Å²) in [6.07, 6.45) is 0. The SMILES string of the molecule is S=c1[nH]nc(CSCOc2cccc(Cl)c2Cl)[nH]1. The van der Waals surface area contributed by atoms with Gasteiger partial charge in [-0.15, -0.1) is 11.8 Å². The van der Waals surface area contributed by atoms with E-state index < -0.39 is 0 Å². The van der Waals surface area contributed by atoms with E-state index in [2.05, 4.69) is 15.2 Å². The first-order valence-electron chi connectivity index (χ1n) is 4.95. The summed E-state index contributed by atoms with van der Waals surface area (Å²) in [5.74, 6) is 2.48. The van der Waals surface area contributed by atoms with Crippen LogP contribution in [0.1, 0.15) is 5.82 Å². The number of aromatic amines is 2. The van der Waals surface area contributed by atoms with Crippen molar-refractivity contribution < 1.29 is 4.74 Å². The number of nitrogens with one attached hydrogen (secondary N) is 2. The number of thioether (sulfide) groups is 1. The van der Waals surface area contributed by atoms with Crippen molar-refractivity contribution >= 4 is 47.2 Å². The summed E-state index contributed by atoms with van der Waals surface area (Å²) in [6.45, 7) is 0. The first-order chi connectivity index (χ1) is 8.66. The van der Waals surface area contributed by atoms with E-state index >= 15 is 0 Å². The molecule has 0 atom stereocenters. The van der Waals surface area contributed by atoms with Crippen molar-refractivity contribution in [3.05, 3.63) is 38.8 Å². The van der Waals surface area contributed by atoms with E-state index in [9.17, 15) is 0 Å². The lowest BCUT2D eigenvalue weighted by Gasteiger charge is -2.07. The highest BCUT2D eigenvalue weighted by molar-refractivity contribution is 7.98. The summed E-state index contributed by atoms with van der Waals surface area (Å²) in [5, 5.41) is 7.56. The molecule has 8 heteroatoms. The Morgan fingerprint density at radius 3 is 2.94 bits per heavy atom. The minimum Gasteiger partial charge on any atom is -0.481 e. The fourth-order valence-corrected chi connectivity index (χ4v) is 2.35. The number of hydrogen-bond acceptors (Lipinski definition) is 4. The van der Waals surface area contributed by atoms with E-state index in [1.54, 1.807) is 30.0 Å². The molecule has 1 aromatic heterocycles. The average molecular weight is 322 g/mol. The van der Waals surface area contributed by atoms with E-state index in [4.69, 9.17) is 40.2 Å². The van der Waals surface area contributed by atoms with Crippen LogP contribution < -0.4 is 4.74 Å². The van der Waals surface area contributed by atoms with Gasteiger partial charge in [0.15, 0.2) is 4.77 Å². The minimum absolute atomic E-state index is 0.430. The first-order valence-corrected chi connectivity index (χ1v) is 7.27. The Bertz CT molecular complexity index is 584. The van der Waals surface area contributed by atoms with Crippen LogP contribution in [0.3, 0.4) is 0 Å². The molecule has 1 heterocycles. The second kappa shape index (κ2) is 6.47. The van der Waals surface area contributed by atoms with Crippen molar-refractivity contribution in [2.24, 2.45) is 0 Å². The van der Waals surface area contributed by atoms with E-state index in [-0.39, 0.29) is 0 Å². The van der Waals surface area contributed by atoms with Gasteiger partial charge in [-0.1, -0.05) is 29.3 Å². The maximum atomic E-state index is 5.99. The molecule has 0 radical (unpaired) electrons. The predicted molar refractivity (Wildman–Crippen MR) is 77.0 cm³/mol. The molecular weight excluding hydrogens is 313 g/mol. The summed E-state index contributed by atoms with van der Waals surface area (Å²) in [5.41, 5.74) is 0. The molecule has 0 aliphatic heterocycles. The third-order valence-electron chi connectivity index (χ3n) is 2.00.